The molecule has 1 aromatic heterocycles. The Balaban J connectivity index is 1.59. The van der Waals surface area contributed by atoms with Crippen molar-refractivity contribution in [3.8, 4) is 0 Å². The van der Waals surface area contributed by atoms with Gasteiger partial charge in [0.15, 0.2) is 5.96 Å². The molecule has 1 unspecified atom stereocenters. The number of piperidine rings is 1. The average molecular weight is 334 g/mol. The smallest absolute Gasteiger partial charge is 0.191 e. The van der Waals surface area contributed by atoms with Crippen LogP contribution in [0, 0.1) is 5.92 Å². The van der Waals surface area contributed by atoms with E-state index in [9.17, 15) is 0 Å². The summed E-state index contributed by atoms with van der Waals surface area (Å²) < 4.78 is 2.18. The number of aliphatic imine (C=N–C) groups is 1. The molecule has 0 aliphatic carbocycles. The molecule has 0 aromatic carbocycles. The molecule has 1 saturated heterocycles. The van der Waals surface area contributed by atoms with Gasteiger partial charge < -0.3 is 20.1 Å². The summed E-state index contributed by atoms with van der Waals surface area (Å²) in [4.78, 5) is 7.32. The van der Waals surface area contributed by atoms with Gasteiger partial charge in [-0.2, -0.15) is 0 Å². The van der Waals surface area contributed by atoms with Crippen molar-refractivity contribution in [3.63, 3.8) is 0 Å². The zero-order valence-electron chi connectivity index (χ0n) is 15.5. The van der Waals surface area contributed by atoms with Gasteiger partial charge in [0.05, 0.1) is 0 Å². The summed E-state index contributed by atoms with van der Waals surface area (Å²) in [6, 6.07) is 4.12. The highest BCUT2D eigenvalue weighted by Gasteiger charge is 2.15. The maximum Gasteiger partial charge on any atom is 0.191 e. The van der Waals surface area contributed by atoms with Crippen molar-refractivity contribution in [2.45, 2.75) is 46.1 Å². The van der Waals surface area contributed by atoms with Gasteiger partial charge in [0.1, 0.15) is 0 Å². The maximum atomic E-state index is 4.70. The van der Waals surface area contributed by atoms with Gasteiger partial charge in [-0.15, -0.1) is 0 Å². The molecule has 0 amide bonds. The quantitative estimate of drug-likeness (QED) is 0.415. The van der Waals surface area contributed by atoms with Gasteiger partial charge in [-0.1, -0.05) is 6.92 Å². The van der Waals surface area contributed by atoms with Crippen molar-refractivity contribution in [2.24, 2.45) is 10.9 Å². The van der Waals surface area contributed by atoms with Crippen LogP contribution < -0.4 is 10.6 Å². The standard InChI is InChI=1S/C19H35N5/c1-3-20-19(22-11-16-23-12-6-7-13-23)21-10-4-5-14-24-15-8-9-18(2)17-24/h6-7,12-13,18H,3-5,8-11,14-17H2,1-2H3,(H2,20,21,22). The molecule has 5 heteroatoms. The molecular weight excluding hydrogens is 298 g/mol. The Morgan fingerprint density at radius 1 is 1.17 bits per heavy atom. The molecule has 24 heavy (non-hydrogen) atoms. The molecule has 0 bridgehead atoms. The number of likely N-dealkylation sites (tertiary alicyclic amines) is 1. The summed E-state index contributed by atoms with van der Waals surface area (Å²) in [6.45, 7) is 12.0. The van der Waals surface area contributed by atoms with Gasteiger partial charge in [0.2, 0.25) is 0 Å². The number of hydrogen-bond donors (Lipinski definition) is 2. The number of rotatable bonds is 9. The van der Waals surface area contributed by atoms with E-state index in [0.29, 0.717) is 0 Å². The Kier molecular flexibility index (Phi) is 8.74. The van der Waals surface area contributed by atoms with Crippen LogP contribution in [0.5, 0.6) is 0 Å². The number of aromatic nitrogens is 1. The molecule has 2 rings (SSSR count). The highest BCUT2D eigenvalue weighted by molar-refractivity contribution is 5.79. The largest absolute Gasteiger partial charge is 0.357 e. The summed E-state index contributed by atoms with van der Waals surface area (Å²) in [5.41, 5.74) is 0. The molecular formula is C19H35N5. The van der Waals surface area contributed by atoms with Crippen LogP contribution in [0.25, 0.3) is 0 Å². The van der Waals surface area contributed by atoms with Gasteiger partial charge in [-0.05, 0) is 63.7 Å². The fourth-order valence-corrected chi connectivity index (χ4v) is 3.29. The van der Waals surface area contributed by atoms with E-state index in [1.165, 1.54) is 45.3 Å². The van der Waals surface area contributed by atoms with Crippen molar-refractivity contribution in [3.05, 3.63) is 24.5 Å². The van der Waals surface area contributed by atoms with E-state index in [-0.39, 0.29) is 0 Å². The maximum absolute atomic E-state index is 4.70. The molecule has 0 radical (unpaired) electrons. The summed E-state index contributed by atoms with van der Waals surface area (Å²) in [7, 11) is 0. The lowest BCUT2D eigenvalue weighted by molar-refractivity contribution is 0.181. The monoisotopic (exact) mass is 333 g/mol. The first-order valence-electron chi connectivity index (χ1n) is 9.63. The number of nitrogens with zero attached hydrogens (tertiary/aromatic N) is 3. The Hall–Kier alpha value is -1.49. The molecule has 136 valence electrons. The van der Waals surface area contributed by atoms with Crippen LogP contribution in [-0.4, -0.2) is 54.7 Å². The number of guanidine groups is 1. The number of hydrogen-bond acceptors (Lipinski definition) is 2. The van der Waals surface area contributed by atoms with E-state index in [4.69, 9.17) is 4.99 Å². The molecule has 0 spiro atoms. The van der Waals surface area contributed by atoms with Crippen molar-refractivity contribution in [1.82, 2.24) is 20.1 Å². The lowest BCUT2D eigenvalue weighted by Crippen LogP contribution is -2.39. The van der Waals surface area contributed by atoms with E-state index in [2.05, 4.69) is 58.5 Å². The second-order valence-corrected chi connectivity index (χ2v) is 6.86. The zero-order chi connectivity index (χ0) is 17.0. The second kappa shape index (κ2) is 11.1. The highest BCUT2D eigenvalue weighted by atomic mass is 15.2. The Morgan fingerprint density at radius 2 is 2.00 bits per heavy atom. The van der Waals surface area contributed by atoms with E-state index in [0.717, 1.165) is 38.1 Å². The number of unbranched alkanes of at least 4 members (excludes halogenated alkanes) is 1. The van der Waals surface area contributed by atoms with Crippen LogP contribution in [0.2, 0.25) is 0 Å². The molecule has 1 fully saturated rings. The topological polar surface area (TPSA) is 44.6 Å². The van der Waals surface area contributed by atoms with E-state index in [1.54, 1.807) is 0 Å². The van der Waals surface area contributed by atoms with Crippen molar-refractivity contribution in [2.75, 3.05) is 39.3 Å². The third kappa shape index (κ3) is 7.39. The normalized spacial score (nSPS) is 19.4. The summed E-state index contributed by atoms with van der Waals surface area (Å²) in [5, 5.41) is 6.74. The minimum atomic E-state index is 0.877. The van der Waals surface area contributed by atoms with E-state index < -0.39 is 0 Å². The van der Waals surface area contributed by atoms with Gasteiger partial charge in [-0.25, -0.2) is 0 Å². The van der Waals surface area contributed by atoms with Crippen LogP contribution in [0.4, 0.5) is 0 Å². The SMILES string of the molecule is CCNC(=NCCCCN1CCCC(C)C1)NCCn1cccc1. The fourth-order valence-electron chi connectivity index (χ4n) is 3.29. The van der Waals surface area contributed by atoms with Crippen LogP contribution in [0.15, 0.2) is 29.5 Å². The minimum Gasteiger partial charge on any atom is -0.357 e. The fraction of sp³-hybridized carbons (Fsp3) is 0.737. The van der Waals surface area contributed by atoms with Crippen molar-refractivity contribution >= 4 is 5.96 Å². The van der Waals surface area contributed by atoms with Crippen LogP contribution >= 0.6 is 0 Å². The lowest BCUT2D eigenvalue weighted by Gasteiger charge is -2.30. The Morgan fingerprint density at radius 3 is 2.75 bits per heavy atom. The first kappa shape index (κ1) is 18.8. The Labute approximate surface area is 147 Å². The molecule has 2 N–H and O–H groups in total. The molecule has 1 atom stereocenters. The van der Waals surface area contributed by atoms with Gasteiger partial charge in [0.25, 0.3) is 0 Å². The van der Waals surface area contributed by atoms with Crippen LogP contribution in [-0.2, 0) is 6.54 Å². The van der Waals surface area contributed by atoms with E-state index in [1.807, 2.05) is 0 Å². The lowest BCUT2D eigenvalue weighted by atomic mass is 10.0. The summed E-state index contributed by atoms with van der Waals surface area (Å²) >= 11 is 0. The average Bonchev–Trinajstić information content (AvgIpc) is 3.08. The van der Waals surface area contributed by atoms with E-state index >= 15 is 0 Å². The Bertz CT molecular complexity index is 454. The summed E-state index contributed by atoms with van der Waals surface area (Å²) in [6.07, 6.45) is 9.37. The molecule has 2 heterocycles. The van der Waals surface area contributed by atoms with Crippen LogP contribution in [0.3, 0.4) is 0 Å². The van der Waals surface area contributed by atoms with Crippen molar-refractivity contribution < 1.29 is 0 Å². The molecule has 1 aliphatic rings. The predicted octanol–water partition coefficient (Wildman–Crippen LogP) is 2.56. The van der Waals surface area contributed by atoms with Gasteiger partial charge in [-0.3, -0.25) is 4.99 Å². The zero-order valence-corrected chi connectivity index (χ0v) is 15.5. The van der Waals surface area contributed by atoms with Crippen LogP contribution in [0.1, 0.15) is 39.5 Å². The third-order valence-corrected chi connectivity index (χ3v) is 4.57. The summed E-state index contributed by atoms with van der Waals surface area (Å²) in [5.74, 6) is 1.82. The third-order valence-electron chi connectivity index (χ3n) is 4.57. The molecule has 0 saturated carbocycles. The predicted molar refractivity (Wildman–Crippen MR) is 102 cm³/mol. The first-order valence-corrected chi connectivity index (χ1v) is 9.63. The molecule has 1 aromatic rings. The second-order valence-electron chi connectivity index (χ2n) is 6.86. The molecule has 5 nitrogen and oxygen atoms in total. The van der Waals surface area contributed by atoms with Gasteiger partial charge >= 0.3 is 0 Å². The molecule has 1 aliphatic heterocycles. The highest BCUT2D eigenvalue weighted by Crippen LogP contribution is 2.15. The van der Waals surface area contributed by atoms with Crippen molar-refractivity contribution in [1.29, 1.82) is 0 Å². The minimum absolute atomic E-state index is 0.877. The van der Waals surface area contributed by atoms with Gasteiger partial charge in [0, 0.05) is 45.1 Å². The number of nitrogens with one attached hydrogen (secondary N) is 2. The first-order chi connectivity index (χ1) is 11.8.